The Hall–Kier alpha value is -0.770. The third-order valence-electron chi connectivity index (χ3n) is 2.78. The van der Waals surface area contributed by atoms with Crippen molar-refractivity contribution < 1.29 is 9.47 Å². The molecule has 0 spiro atoms. The molecular weight excluding hydrogens is 238 g/mol. The summed E-state index contributed by atoms with van der Waals surface area (Å²) in [5, 5.41) is 0.718. The van der Waals surface area contributed by atoms with Crippen LogP contribution in [-0.4, -0.2) is 43.9 Å². The van der Waals surface area contributed by atoms with E-state index in [1.807, 2.05) is 31.2 Å². The van der Waals surface area contributed by atoms with Crippen molar-refractivity contribution in [2.75, 3.05) is 32.8 Å². The highest BCUT2D eigenvalue weighted by molar-refractivity contribution is 6.30. The van der Waals surface area contributed by atoms with E-state index in [4.69, 9.17) is 21.1 Å². The van der Waals surface area contributed by atoms with Gasteiger partial charge >= 0.3 is 0 Å². The van der Waals surface area contributed by atoms with Crippen LogP contribution in [0.3, 0.4) is 0 Å². The number of nitrogens with zero attached hydrogens (tertiary/aromatic N) is 1. The number of likely N-dealkylation sites (tertiary alicyclic amines) is 1. The van der Waals surface area contributed by atoms with Crippen molar-refractivity contribution in [1.29, 1.82) is 0 Å². The Morgan fingerprint density at radius 3 is 2.94 bits per heavy atom. The van der Waals surface area contributed by atoms with Crippen LogP contribution in [0, 0.1) is 0 Å². The Kier molecular flexibility index (Phi) is 4.66. The van der Waals surface area contributed by atoms with Gasteiger partial charge in [-0.2, -0.15) is 0 Å². The van der Waals surface area contributed by atoms with Crippen molar-refractivity contribution in [2.45, 2.75) is 13.0 Å². The summed E-state index contributed by atoms with van der Waals surface area (Å²) < 4.78 is 11.1. The molecule has 1 aromatic carbocycles. The van der Waals surface area contributed by atoms with Crippen molar-refractivity contribution in [3.8, 4) is 5.75 Å². The molecular formula is C13H18ClNO2. The van der Waals surface area contributed by atoms with Crippen molar-refractivity contribution in [1.82, 2.24) is 4.90 Å². The third kappa shape index (κ3) is 3.87. The molecule has 0 saturated carbocycles. The maximum Gasteiger partial charge on any atom is 0.124 e. The van der Waals surface area contributed by atoms with E-state index in [1.54, 1.807) is 0 Å². The molecule has 0 N–H and O–H groups in total. The number of rotatable bonds is 6. The molecule has 0 atom stereocenters. The van der Waals surface area contributed by atoms with E-state index >= 15 is 0 Å². The smallest absolute Gasteiger partial charge is 0.124 e. The first kappa shape index (κ1) is 12.7. The van der Waals surface area contributed by atoms with E-state index in [2.05, 4.69) is 4.90 Å². The van der Waals surface area contributed by atoms with Crippen molar-refractivity contribution >= 4 is 11.6 Å². The van der Waals surface area contributed by atoms with Crippen LogP contribution in [0.2, 0.25) is 5.02 Å². The van der Waals surface area contributed by atoms with E-state index in [0.29, 0.717) is 0 Å². The minimum atomic E-state index is 0.287. The molecule has 1 aliphatic heterocycles. The first-order valence-electron chi connectivity index (χ1n) is 6.00. The van der Waals surface area contributed by atoms with Crippen molar-refractivity contribution in [3.63, 3.8) is 0 Å². The Balaban J connectivity index is 1.67. The minimum Gasteiger partial charge on any atom is -0.488 e. The van der Waals surface area contributed by atoms with Gasteiger partial charge in [0.1, 0.15) is 11.9 Å². The second-order valence-electron chi connectivity index (χ2n) is 4.15. The summed E-state index contributed by atoms with van der Waals surface area (Å²) in [5.74, 6) is 0.854. The van der Waals surface area contributed by atoms with E-state index in [9.17, 15) is 0 Å². The van der Waals surface area contributed by atoms with Crippen molar-refractivity contribution in [3.05, 3.63) is 29.3 Å². The first-order chi connectivity index (χ1) is 8.28. The molecule has 0 aliphatic carbocycles. The van der Waals surface area contributed by atoms with Gasteiger partial charge in [0.2, 0.25) is 0 Å². The molecule has 0 bridgehead atoms. The second-order valence-corrected chi connectivity index (χ2v) is 4.59. The molecule has 1 fully saturated rings. The molecule has 2 rings (SSSR count). The van der Waals surface area contributed by atoms with Gasteiger partial charge in [-0.25, -0.2) is 0 Å². The highest BCUT2D eigenvalue weighted by Gasteiger charge is 2.27. The van der Waals surface area contributed by atoms with E-state index in [1.165, 1.54) is 0 Å². The summed E-state index contributed by atoms with van der Waals surface area (Å²) in [7, 11) is 0. The largest absolute Gasteiger partial charge is 0.488 e. The maximum atomic E-state index is 5.90. The molecule has 1 aliphatic rings. The first-order valence-corrected chi connectivity index (χ1v) is 6.38. The lowest BCUT2D eigenvalue weighted by Crippen LogP contribution is -2.54. The van der Waals surface area contributed by atoms with Gasteiger partial charge in [0.15, 0.2) is 0 Å². The Bertz CT molecular complexity index is 353. The number of halogens is 1. The van der Waals surface area contributed by atoms with Crippen molar-refractivity contribution in [2.24, 2.45) is 0 Å². The Labute approximate surface area is 107 Å². The number of ether oxygens (including phenoxy) is 2. The van der Waals surface area contributed by atoms with Crippen LogP contribution in [0.15, 0.2) is 24.3 Å². The summed E-state index contributed by atoms with van der Waals surface area (Å²) in [6.07, 6.45) is 0.287. The van der Waals surface area contributed by atoms with Crippen LogP contribution < -0.4 is 4.74 Å². The Morgan fingerprint density at radius 1 is 1.41 bits per heavy atom. The molecule has 1 aromatic rings. The summed E-state index contributed by atoms with van der Waals surface area (Å²) in [4.78, 5) is 2.32. The van der Waals surface area contributed by atoms with Gasteiger partial charge in [0, 0.05) is 31.3 Å². The molecule has 4 heteroatoms. The number of benzene rings is 1. The average Bonchev–Trinajstić information content (AvgIpc) is 2.26. The molecule has 0 unspecified atom stereocenters. The molecule has 0 radical (unpaired) electrons. The zero-order valence-corrected chi connectivity index (χ0v) is 10.8. The molecule has 1 heterocycles. The lowest BCUT2D eigenvalue weighted by atomic mass is 10.1. The fourth-order valence-corrected chi connectivity index (χ4v) is 2.03. The lowest BCUT2D eigenvalue weighted by molar-refractivity contribution is 0.00115. The van der Waals surface area contributed by atoms with Gasteiger partial charge in [-0.05, 0) is 25.1 Å². The van der Waals surface area contributed by atoms with Crippen LogP contribution in [0.5, 0.6) is 5.75 Å². The zero-order valence-electron chi connectivity index (χ0n) is 10.1. The number of hydrogen-bond donors (Lipinski definition) is 0. The monoisotopic (exact) mass is 255 g/mol. The highest BCUT2D eigenvalue weighted by atomic mass is 35.5. The maximum absolute atomic E-state index is 5.90. The lowest BCUT2D eigenvalue weighted by Gasteiger charge is -2.38. The normalized spacial score (nSPS) is 16.8. The van der Waals surface area contributed by atoms with Crippen LogP contribution in [0.1, 0.15) is 6.92 Å². The topological polar surface area (TPSA) is 21.7 Å². The molecule has 0 aromatic heterocycles. The standard InChI is InChI=1S/C13H18ClNO2/c1-2-16-7-6-15-9-13(10-15)17-12-5-3-4-11(14)8-12/h3-5,8,13H,2,6-7,9-10H2,1H3. The van der Waals surface area contributed by atoms with E-state index in [-0.39, 0.29) is 6.10 Å². The predicted octanol–water partition coefficient (Wildman–Crippen LogP) is 2.44. The second kappa shape index (κ2) is 6.24. The van der Waals surface area contributed by atoms with Gasteiger partial charge < -0.3 is 9.47 Å². The molecule has 0 amide bonds. The molecule has 3 nitrogen and oxygen atoms in total. The number of hydrogen-bond acceptors (Lipinski definition) is 3. The SMILES string of the molecule is CCOCCN1CC(Oc2cccc(Cl)c2)C1. The summed E-state index contributed by atoms with van der Waals surface area (Å²) in [6.45, 7) is 6.54. The van der Waals surface area contributed by atoms with Gasteiger partial charge in [-0.3, -0.25) is 4.90 Å². The van der Waals surface area contributed by atoms with Crippen LogP contribution in [0.25, 0.3) is 0 Å². The molecule has 94 valence electrons. The van der Waals surface area contributed by atoms with Crippen LogP contribution >= 0.6 is 11.6 Å². The predicted molar refractivity (Wildman–Crippen MR) is 68.8 cm³/mol. The third-order valence-corrected chi connectivity index (χ3v) is 3.01. The summed E-state index contributed by atoms with van der Waals surface area (Å²) in [5.41, 5.74) is 0. The van der Waals surface area contributed by atoms with E-state index in [0.717, 1.165) is 43.6 Å². The summed E-state index contributed by atoms with van der Waals surface area (Å²) in [6, 6.07) is 7.55. The van der Waals surface area contributed by atoms with Crippen LogP contribution in [-0.2, 0) is 4.74 Å². The molecule has 17 heavy (non-hydrogen) atoms. The van der Waals surface area contributed by atoms with Gasteiger partial charge in [-0.15, -0.1) is 0 Å². The molecule has 1 saturated heterocycles. The zero-order chi connectivity index (χ0) is 12.1. The minimum absolute atomic E-state index is 0.287. The van der Waals surface area contributed by atoms with Gasteiger partial charge in [0.05, 0.1) is 6.61 Å². The average molecular weight is 256 g/mol. The fourth-order valence-electron chi connectivity index (χ4n) is 1.85. The summed E-state index contributed by atoms with van der Waals surface area (Å²) >= 11 is 5.90. The fraction of sp³-hybridized carbons (Fsp3) is 0.538. The van der Waals surface area contributed by atoms with Gasteiger partial charge in [-0.1, -0.05) is 17.7 Å². The quantitative estimate of drug-likeness (QED) is 0.729. The highest BCUT2D eigenvalue weighted by Crippen LogP contribution is 2.21. The van der Waals surface area contributed by atoms with E-state index < -0.39 is 0 Å². The van der Waals surface area contributed by atoms with Gasteiger partial charge in [0.25, 0.3) is 0 Å². The Morgan fingerprint density at radius 2 is 2.24 bits per heavy atom. The van der Waals surface area contributed by atoms with Crippen LogP contribution in [0.4, 0.5) is 0 Å².